The van der Waals surface area contributed by atoms with Gasteiger partial charge in [-0.25, -0.2) is 0 Å². The number of benzene rings is 1. The minimum Gasteiger partial charge on any atom is -0.512 e. The number of carbonyl (C=O) groups excluding carboxylic acids is 2. The minimum absolute atomic E-state index is 0.0201. The number of aryl methyl sites for hydroxylation is 1. The molecule has 1 aromatic carbocycles. The fraction of sp³-hybridized carbons (Fsp3) is 0.481. The molecule has 0 bridgehead atoms. The van der Waals surface area contributed by atoms with E-state index in [1.807, 2.05) is 13.0 Å². The summed E-state index contributed by atoms with van der Waals surface area (Å²) < 4.78 is 0. The Kier molecular flexibility index (Phi) is 5.56. The summed E-state index contributed by atoms with van der Waals surface area (Å²) in [5.74, 6) is -3.72. The molecule has 5 rings (SSSR count). The first-order valence-electron chi connectivity index (χ1n) is 12.2. The van der Waals surface area contributed by atoms with E-state index < -0.39 is 29.1 Å². The van der Waals surface area contributed by atoms with Crippen molar-refractivity contribution in [2.24, 2.45) is 23.5 Å². The van der Waals surface area contributed by atoms with Crippen molar-refractivity contribution >= 4 is 17.4 Å². The van der Waals surface area contributed by atoms with Crippen molar-refractivity contribution in [2.75, 3.05) is 13.1 Å². The zero-order chi connectivity index (χ0) is 25.2. The Morgan fingerprint density at radius 1 is 1.17 bits per heavy atom. The topological polar surface area (TPSA) is 144 Å². The van der Waals surface area contributed by atoms with Crippen LogP contribution in [0.25, 0.3) is 5.76 Å². The van der Waals surface area contributed by atoms with E-state index in [0.717, 1.165) is 24.2 Å². The first kappa shape index (κ1) is 23.6. The predicted octanol–water partition coefficient (Wildman–Crippen LogP) is 2.43. The van der Waals surface area contributed by atoms with Crippen molar-refractivity contribution in [2.45, 2.75) is 51.7 Å². The van der Waals surface area contributed by atoms with Crippen LogP contribution in [0.1, 0.15) is 48.9 Å². The van der Waals surface area contributed by atoms with Crippen LogP contribution in [0.4, 0.5) is 0 Å². The molecule has 186 valence electrons. The number of fused-ring (bicyclic) bond motifs is 3. The molecule has 8 heteroatoms. The van der Waals surface area contributed by atoms with Gasteiger partial charge in [0.15, 0.2) is 5.78 Å². The van der Waals surface area contributed by atoms with Gasteiger partial charge in [0.25, 0.3) is 5.91 Å². The molecule has 8 nitrogen and oxygen atoms in total. The number of aromatic hydroxyl groups is 1. The number of phenols is 1. The first-order chi connectivity index (χ1) is 16.6. The molecule has 0 aromatic heterocycles. The van der Waals surface area contributed by atoms with Crippen molar-refractivity contribution in [3.8, 4) is 5.75 Å². The lowest BCUT2D eigenvalue weighted by Gasteiger charge is -2.48. The largest absolute Gasteiger partial charge is 0.512 e. The molecule has 1 fully saturated rings. The number of ketones is 1. The second kappa shape index (κ2) is 8.24. The van der Waals surface area contributed by atoms with Crippen molar-refractivity contribution in [3.05, 3.63) is 57.4 Å². The van der Waals surface area contributed by atoms with E-state index in [4.69, 9.17) is 5.73 Å². The molecule has 1 aromatic rings. The quantitative estimate of drug-likeness (QED) is 0.416. The molecule has 1 heterocycles. The summed E-state index contributed by atoms with van der Waals surface area (Å²) in [7, 11) is 0. The predicted molar refractivity (Wildman–Crippen MR) is 129 cm³/mol. The molecular weight excluding hydrogens is 448 g/mol. The molecule has 3 aliphatic carbocycles. The Hall–Kier alpha value is -3.10. The molecule has 4 atom stereocenters. The lowest BCUT2D eigenvalue weighted by molar-refractivity contribution is -0.136. The number of aliphatic hydroxyl groups excluding tert-OH is 2. The summed E-state index contributed by atoms with van der Waals surface area (Å²) in [6.45, 7) is 5.43. The highest BCUT2D eigenvalue weighted by atomic mass is 16.3. The highest BCUT2D eigenvalue weighted by molar-refractivity contribution is 6.08. The van der Waals surface area contributed by atoms with Gasteiger partial charge in [0.2, 0.25) is 0 Å². The Labute approximate surface area is 204 Å². The Morgan fingerprint density at radius 3 is 2.49 bits per heavy atom. The first-order valence-corrected chi connectivity index (χ1v) is 12.2. The molecule has 35 heavy (non-hydrogen) atoms. The van der Waals surface area contributed by atoms with Crippen LogP contribution in [0.5, 0.6) is 5.75 Å². The second-order valence-electron chi connectivity index (χ2n) is 10.5. The molecule has 1 aliphatic heterocycles. The normalized spacial score (nSPS) is 30.4. The summed E-state index contributed by atoms with van der Waals surface area (Å²) in [6.07, 6.45) is 5.84. The van der Waals surface area contributed by atoms with E-state index in [9.17, 15) is 30.0 Å². The van der Waals surface area contributed by atoms with E-state index in [-0.39, 0.29) is 40.8 Å². The van der Waals surface area contributed by atoms with Gasteiger partial charge in [-0.05, 0) is 49.1 Å². The number of allylic oxidation sites excluding steroid dienone is 2. The molecular formula is C27H32N2O6. The molecule has 1 amide bonds. The number of hydrogen-bond acceptors (Lipinski definition) is 7. The van der Waals surface area contributed by atoms with Crippen LogP contribution in [0.2, 0.25) is 0 Å². The SMILES string of the molecule is CCc1cc(CN2CC=CC2)c(O)c2c1CC1CC3CC(O)=C(C(N)=O)C(C)(O)C3C(=O)C1=C2O. The van der Waals surface area contributed by atoms with E-state index in [1.54, 1.807) is 0 Å². The average molecular weight is 481 g/mol. The number of Topliss-reactive ketones (excluding diaryl/α,β-unsaturated/α-hetero) is 1. The van der Waals surface area contributed by atoms with E-state index in [2.05, 4.69) is 17.1 Å². The fourth-order valence-electron chi connectivity index (χ4n) is 6.83. The molecule has 4 unspecified atom stereocenters. The highest BCUT2D eigenvalue weighted by Gasteiger charge is 2.56. The van der Waals surface area contributed by atoms with Crippen LogP contribution in [0, 0.1) is 17.8 Å². The van der Waals surface area contributed by atoms with Crippen molar-refractivity contribution < 1.29 is 30.0 Å². The molecule has 4 aliphatic rings. The van der Waals surface area contributed by atoms with E-state index >= 15 is 0 Å². The van der Waals surface area contributed by atoms with Crippen LogP contribution >= 0.6 is 0 Å². The summed E-state index contributed by atoms with van der Waals surface area (Å²) in [4.78, 5) is 28.0. The van der Waals surface area contributed by atoms with Crippen LogP contribution in [0.15, 0.2) is 35.1 Å². The van der Waals surface area contributed by atoms with Gasteiger partial charge < -0.3 is 26.2 Å². The number of hydrogen-bond donors (Lipinski definition) is 5. The lowest BCUT2D eigenvalue weighted by atomic mass is 9.57. The average Bonchev–Trinajstić information content (AvgIpc) is 3.27. The summed E-state index contributed by atoms with van der Waals surface area (Å²) in [5, 5.41) is 44.4. The second-order valence-corrected chi connectivity index (χ2v) is 10.5. The van der Waals surface area contributed by atoms with Crippen LogP contribution in [0.3, 0.4) is 0 Å². The Bertz CT molecular complexity index is 1220. The monoisotopic (exact) mass is 480 g/mol. The van der Waals surface area contributed by atoms with Gasteiger partial charge >= 0.3 is 0 Å². The minimum atomic E-state index is -1.96. The molecule has 0 spiro atoms. The summed E-state index contributed by atoms with van der Waals surface area (Å²) in [5.41, 5.74) is 6.16. The molecule has 0 radical (unpaired) electrons. The highest BCUT2D eigenvalue weighted by Crippen LogP contribution is 2.54. The van der Waals surface area contributed by atoms with Gasteiger partial charge in [0, 0.05) is 37.2 Å². The van der Waals surface area contributed by atoms with Crippen LogP contribution in [-0.2, 0) is 29.0 Å². The smallest absolute Gasteiger partial charge is 0.250 e. The standard InChI is InChI=1S/C27H32N2O6/c1-3-13-8-16(12-29-6-4-5-7-29)23(31)20-17(13)10-14-9-15-11-18(30)22(26(28)34)27(2,35)21(15)25(33)19(14)24(20)32/h4-5,8,14-15,21,30-32,35H,3,6-7,9-12H2,1-2H3,(H2,28,34). The van der Waals surface area contributed by atoms with Gasteiger partial charge in [-0.3, -0.25) is 14.5 Å². The third-order valence-electron chi connectivity index (χ3n) is 8.31. The molecule has 6 N–H and O–H groups in total. The Morgan fingerprint density at radius 2 is 1.86 bits per heavy atom. The van der Waals surface area contributed by atoms with Gasteiger partial charge in [-0.1, -0.05) is 25.1 Å². The van der Waals surface area contributed by atoms with Gasteiger partial charge in [-0.2, -0.15) is 0 Å². The van der Waals surface area contributed by atoms with Crippen molar-refractivity contribution in [1.29, 1.82) is 0 Å². The van der Waals surface area contributed by atoms with Crippen LogP contribution in [-0.4, -0.2) is 55.7 Å². The van der Waals surface area contributed by atoms with Crippen LogP contribution < -0.4 is 5.73 Å². The summed E-state index contributed by atoms with van der Waals surface area (Å²) >= 11 is 0. The van der Waals surface area contributed by atoms with Crippen molar-refractivity contribution in [3.63, 3.8) is 0 Å². The third-order valence-corrected chi connectivity index (χ3v) is 8.31. The lowest BCUT2D eigenvalue weighted by Crippen LogP contribution is -2.55. The van der Waals surface area contributed by atoms with E-state index in [1.165, 1.54) is 6.92 Å². The van der Waals surface area contributed by atoms with Gasteiger partial charge in [-0.15, -0.1) is 0 Å². The number of carbonyl (C=O) groups is 2. The van der Waals surface area contributed by atoms with E-state index in [0.29, 0.717) is 36.9 Å². The van der Waals surface area contributed by atoms with Gasteiger partial charge in [0.05, 0.1) is 17.1 Å². The third kappa shape index (κ3) is 3.50. The fourth-order valence-corrected chi connectivity index (χ4v) is 6.83. The van der Waals surface area contributed by atoms with Gasteiger partial charge in [0.1, 0.15) is 22.9 Å². The zero-order valence-corrected chi connectivity index (χ0v) is 20.0. The number of aliphatic hydroxyl groups is 3. The summed E-state index contributed by atoms with van der Waals surface area (Å²) in [6, 6.07) is 2.00. The number of nitrogens with two attached hydrogens (primary N) is 1. The molecule has 1 saturated carbocycles. The molecule has 0 saturated heterocycles. The maximum absolute atomic E-state index is 13.8. The maximum Gasteiger partial charge on any atom is 0.250 e. The van der Waals surface area contributed by atoms with Crippen molar-refractivity contribution in [1.82, 2.24) is 4.90 Å². The number of phenolic OH excluding ortho intramolecular Hbond substituents is 1. The maximum atomic E-state index is 13.8. The number of primary amides is 1. The number of rotatable bonds is 4. The number of amides is 1. The number of nitrogens with zero attached hydrogens (tertiary/aromatic N) is 1. The Balaban J connectivity index is 1.62. The zero-order valence-electron chi connectivity index (χ0n) is 20.0.